The first-order valence-corrected chi connectivity index (χ1v) is 10.5. The number of nitrogens with zero attached hydrogens (tertiary/aromatic N) is 2. The molecule has 25 heavy (non-hydrogen) atoms. The zero-order valence-electron chi connectivity index (χ0n) is 15.9. The van der Waals surface area contributed by atoms with Gasteiger partial charge in [0.1, 0.15) is 11.9 Å². The average Bonchev–Trinajstić information content (AvgIpc) is 3.28. The molecule has 138 valence electrons. The smallest absolute Gasteiger partial charge is 0.139 e. The topological polar surface area (TPSA) is 27.1 Å². The monoisotopic (exact) mass is 342 g/mol. The van der Waals surface area contributed by atoms with Gasteiger partial charge in [0.15, 0.2) is 0 Å². The van der Waals surface area contributed by atoms with E-state index in [0.29, 0.717) is 0 Å². The van der Waals surface area contributed by atoms with Crippen molar-refractivity contribution in [3.8, 4) is 0 Å². The van der Waals surface area contributed by atoms with Gasteiger partial charge in [-0.3, -0.25) is 0 Å². The molecule has 1 aliphatic heterocycles. The molecule has 0 saturated carbocycles. The van der Waals surface area contributed by atoms with Gasteiger partial charge in [-0.05, 0) is 31.4 Å². The highest BCUT2D eigenvalue weighted by Gasteiger charge is 2.24. The van der Waals surface area contributed by atoms with Crippen molar-refractivity contribution >= 4 is 11.0 Å². The highest BCUT2D eigenvalue weighted by Crippen LogP contribution is 2.30. The Balaban J connectivity index is 1.49. The maximum atomic E-state index is 5.92. The van der Waals surface area contributed by atoms with Crippen LogP contribution in [0, 0.1) is 0 Å². The molecule has 0 aliphatic carbocycles. The Bertz CT molecular complexity index is 628. The number of ether oxygens (including phenoxy) is 1. The highest BCUT2D eigenvalue weighted by molar-refractivity contribution is 5.76. The lowest BCUT2D eigenvalue weighted by Crippen LogP contribution is -2.09. The first kappa shape index (κ1) is 18.4. The molecule has 1 aliphatic rings. The van der Waals surface area contributed by atoms with Crippen molar-refractivity contribution in [2.24, 2.45) is 0 Å². The van der Waals surface area contributed by atoms with E-state index in [1.165, 1.54) is 63.3 Å². The van der Waals surface area contributed by atoms with Crippen molar-refractivity contribution in [2.75, 3.05) is 6.61 Å². The normalized spacial score (nSPS) is 17.6. The summed E-state index contributed by atoms with van der Waals surface area (Å²) in [6, 6.07) is 8.53. The molecule has 3 heteroatoms. The summed E-state index contributed by atoms with van der Waals surface area (Å²) in [5, 5.41) is 0. The van der Waals surface area contributed by atoms with Gasteiger partial charge in [0.25, 0.3) is 0 Å². The standard InChI is InChI=1S/C22H34N2O/c1-2-3-4-5-6-7-8-9-12-17-24-20-15-11-10-14-19(20)23-22(24)21-16-13-18-25-21/h10-11,14-15,21H,2-9,12-13,16-18H2,1H3. The Morgan fingerprint density at radius 1 is 1.00 bits per heavy atom. The van der Waals surface area contributed by atoms with Gasteiger partial charge in [0, 0.05) is 13.2 Å². The van der Waals surface area contributed by atoms with Gasteiger partial charge in [-0.1, -0.05) is 70.4 Å². The molecule has 0 bridgehead atoms. The van der Waals surface area contributed by atoms with Crippen molar-refractivity contribution in [1.29, 1.82) is 0 Å². The first-order valence-electron chi connectivity index (χ1n) is 10.5. The van der Waals surface area contributed by atoms with Crippen LogP contribution in [0.15, 0.2) is 24.3 Å². The zero-order chi connectivity index (χ0) is 17.3. The molecule has 1 aromatic carbocycles. The summed E-state index contributed by atoms with van der Waals surface area (Å²) in [5.41, 5.74) is 2.39. The molecule has 3 rings (SSSR count). The molecule has 1 unspecified atom stereocenters. The summed E-state index contributed by atoms with van der Waals surface area (Å²) >= 11 is 0. The SMILES string of the molecule is CCCCCCCCCCCn1c(C2CCCO2)nc2ccccc21. The molecular weight excluding hydrogens is 308 g/mol. The zero-order valence-corrected chi connectivity index (χ0v) is 15.9. The summed E-state index contributed by atoms with van der Waals surface area (Å²) < 4.78 is 8.34. The van der Waals surface area contributed by atoms with Gasteiger partial charge in [-0.2, -0.15) is 0 Å². The van der Waals surface area contributed by atoms with E-state index >= 15 is 0 Å². The Morgan fingerprint density at radius 2 is 1.72 bits per heavy atom. The predicted octanol–water partition coefficient (Wildman–Crippen LogP) is 6.42. The fourth-order valence-corrected chi connectivity index (χ4v) is 3.94. The number of unbranched alkanes of at least 4 members (excludes halogenated alkanes) is 8. The third-order valence-corrected chi connectivity index (χ3v) is 5.39. The van der Waals surface area contributed by atoms with E-state index in [-0.39, 0.29) is 6.10 Å². The molecule has 0 spiro atoms. The minimum absolute atomic E-state index is 0.200. The average molecular weight is 343 g/mol. The third kappa shape index (κ3) is 5.07. The van der Waals surface area contributed by atoms with E-state index < -0.39 is 0 Å². The van der Waals surface area contributed by atoms with Crippen LogP contribution in [0.4, 0.5) is 0 Å². The maximum absolute atomic E-state index is 5.92. The second-order valence-electron chi connectivity index (χ2n) is 7.44. The van der Waals surface area contributed by atoms with Crippen LogP contribution in [-0.2, 0) is 11.3 Å². The lowest BCUT2D eigenvalue weighted by Gasteiger charge is -2.13. The number of rotatable bonds is 11. The van der Waals surface area contributed by atoms with Crippen molar-refractivity contribution < 1.29 is 4.74 Å². The number of hydrogen-bond donors (Lipinski definition) is 0. The molecule has 1 aromatic heterocycles. The van der Waals surface area contributed by atoms with Crippen molar-refractivity contribution in [3.05, 3.63) is 30.1 Å². The van der Waals surface area contributed by atoms with Crippen LogP contribution in [0.1, 0.15) is 89.5 Å². The summed E-state index contributed by atoms with van der Waals surface area (Å²) in [4.78, 5) is 4.89. The Labute approximate surface area is 152 Å². The number of aromatic nitrogens is 2. The lowest BCUT2D eigenvalue weighted by molar-refractivity contribution is 0.102. The summed E-state index contributed by atoms with van der Waals surface area (Å²) in [7, 11) is 0. The van der Waals surface area contributed by atoms with Gasteiger partial charge < -0.3 is 9.30 Å². The number of hydrogen-bond acceptors (Lipinski definition) is 2. The fraction of sp³-hybridized carbons (Fsp3) is 0.682. The highest BCUT2D eigenvalue weighted by atomic mass is 16.5. The molecule has 0 radical (unpaired) electrons. The van der Waals surface area contributed by atoms with Gasteiger partial charge in [0.05, 0.1) is 11.0 Å². The lowest BCUT2D eigenvalue weighted by atomic mass is 10.1. The molecular formula is C22H34N2O. The van der Waals surface area contributed by atoms with E-state index in [1.807, 2.05) is 0 Å². The summed E-state index contributed by atoms with van der Waals surface area (Å²) in [5.74, 6) is 1.15. The van der Waals surface area contributed by atoms with Crippen LogP contribution in [0.2, 0.25) is 0 Å². The summed E-state index contributed by atoms with van der Waals surface area (Å²) in [6.45, 7) is 4.24. The second kappa shape index (κ2) is 9.96. The maximum Gasteiger partial charge on any atom is 0.139 e. The molecule has 0 amide bonds. The second-order valence-corrected chi connectivity index (χ2v) is 7.44. The van der Waals surface area contributed by atoms with Gasteiger partial charge in [-0.25, -0.2) is 4.98 Å². The first-order chi connectivity index (χ1) is 12.4. The van der Waals surface area contributed by atoms with E-state index in [4.69, 9.17) is 9.72 Å². The number of aryl methyl sites for hydroxylation is 1. The Morgan fingerprint density at radius 3 is 2.44 bits per heavy atom. The van der Waals surface area contributed by atoms with Crippen LogP contribution < -0.4 is 0 Å². The van der Waals surface area contributed by atoms with Gasteiger partial charge >= 0.3 is 0 Å². The molecule has 0 N–H and O–H groups in total. The number of fused-ring (bicyclic) bond motifs is 1. The fourth-order valence-electron chi connectivity index (χ4n) is 3.94. The Kier molecular flexibility index (Phi) is 7.35. The van der Waals surface area contributed by atoms with E-state index in [2.05, 4.69) is 35.8 Å². The minimum Gasteiger partial charge on any atom is -0.370 e. The molecule has 1 saturated heterocycles. The molecule has 2 heterocycles. The van der Waals surface area contributed by atoms with Crippen LogP contribution in [0.25, 0.3) is 11.0 Å². The van der Waals surface area contributed by atoms with Crippen molar-refractivity contribution in [3.63, 3.8) is 0 Å². The molecule has 2 aromatic rings. The largest absolute Gasteiger partial charge is 0.370 e. The van der Waals surface area contributed by atoms with Crippen LogP contribution in [-0.4, -0.2) is 16.2 Å². The van der Waals surface area contributed by atoms with Gasteiger partial charge in [-0.15, -0.1) is 0 Å². The molecule has 1 atom stereocenters. The third-order valence-electron chi connectivity index (χ3n) is 5.39. The van der Waals surface area contributed by atoms with Crippen molar-refractivity contribution in [2.45, 2.75) is 90.2 Å². The van der Waals surface area contributed by atoms with E-state index in [9.17, 15) is 0 Å². The predicted molar refractivity (Wildman–Crippen MR) is 105 cm³/mol. The Hall–Kier alpha value is -1.35. The van der Waals surface area contributed by atoms with E-state index in [0.717, 1.165) is 37.3 Å². The van der Waals surface area contributed by atoms with Gasteiger partial charge in [0.2, 0.25) is 0 Å². The van der Waals surface area contributed by atoms with E-state index in [1.54, 1.807) is 0 Å². The quantitative estimate of drug-likeness (QED) is 0.441. The van der Waals surface area contributed by atoms with Crippen molar-refractivity contribution in [1.82, 2.24) is 9.55 Å². The minimum atomic E-state index is 0.200. The van der Waals surface area contributed by atoms with Crippen LogP contribution >= 0.6 is 0 Å². The summed E-state index contributed by atoms with van der Waals surface area (Å²) in [6.07, 6.45) is 14.8. The number of benzene rings is 1. The van der Waals surface area contributed by atoms with Crippen LogP contribution in [0.3, 0.4) is 0 Å². The number of imidazole rings is 1. The molecule has 1 fully saturated rings. The van der Waals surface area contributed by atoms with Crippen LogP contribution in [0.5, 0.6) is 0 Å². The molecule has 3 nitrogen and oxygen atoms in total. The number of para-hydroxylation sites is 2.